The second kappa shape index (κ2) is 6.82. The summed E-state index contributed by atoms with van der Waals surface area (Å²) in [6.07, 6.45) is 0. The fourth-order valence-electron chi connectivity index (χ4n) is 1.80. The van der Waals surface area contributed by atoms with Gasteiger partial charge in [-0.1, -0.05) is 6.07 Å². The Bertz CT molecular complexity index is 622. The van der Waals surface area contributed by atoms with Gasteiger partial charge in [-0.25, -0.2) is 4.98 Å². The minimum absolute atomic E-state index is 0.0658. The van der Waals surface area contributed by atoms with E-state index in [-0.39, 0.29) is 18.4 Å². The van der Waals surface area contributed by atoms with Crippen LogP contribution in [0.15, 0.2) is 22.9 Å². The largest absolute Gasteiger partial charge is 0.338 e. The van der Waals surface area contributed by atoms with Gasteiger partial charge in [0.2, 0.25) is 5.91 Å². The number of rotatable bonds is 5. The van der Waals surface area contributed by atoms with Gasteiger partial charge in [-0.2, -0.15) is 0 Å². The Hall–Kier alpha value is -1.73. The number of carbonyl (C=O) groups excluding carboxylic acids is 2. The molecule has 0 aliphatic rings. The molecule has 0 unspecified atom stereocenters. The summed E-state index contributed by atoms with van der Waals surface area (Å²) in [4.78, 5) is 32.2. The van der Waals surface area contributed by atoms with Crippen LogP contribution in [0, 0.1) is 6.92 Å². The summed E-state index contributed by atoms with van der Waals surface area (Å²) in [6.45, 7) is 2.46. The highest BCUT2D eigenvalue weighted by atomic mass is 32.1. The Morgan fingerprint density at radius 1 is 1.24 bits per heavy atom. The maximum atomic E-state index is 12.1. The molecule has 0 saturated carbocycles. The van der Waals surface area contributed by atoms with Crippen LogP contribution in [-0.4, -0.2) is 47.2 Å². The number of likely N-dealkylation sites (N-methyl/N-ethyl adjacent to an activating group) is 2. The van der Waals surface area contributed by atoms with E-state index in [1.54, 1.807) is 36.4 Å². The summed E-state index contributed by atoms with van der Waals surface area (Å²) in [5.74, 6) is -0.232. The van der Waals surface area contributed by atoms with Gasteiger partial charge < -0.3 is 9.80 Å². The van der Waals surface area contributed by atoms with Gasteiger partial charge in [0, 0.05) is 19.5 Å². The van der Waals surface area contributed by atoms with Crippen LogP contribution < -0.4 is 0 Å². The first-order valence-electron chi connectivity index (χ1n) is 6.41. The fraction of sp³-hybridized carbons (Fsp3) is 0.357. The smallest absolute Gasteiger partial charge is 0.264 e. The van der Waals surface area contributed by atoms with Gasteiger partial charge in [-0.05, 0) is 18.4 Å². The maximum Gasteiger partial charge on any atom is 0.264 e. The van der Waals surface area contributed by atoms with E-state index in [2.05, 4.69) is 4.98 Å². The molecule has 0 saturated heterocycles. The predicted octanol–water partition coefficient (Wildman–Crippen LogP) is 2.24. The molecule has 0 N–H and O–H groups in total. The van der Waals surface area contributed by atoms with Crippen LogP contribution in [0.3, 0.4) is 0 Å². The molecule has 0 radical (unpaired) electrons. The topological polar surface area (TPSA) is 53.5 Å². The highest BCUT2D eigenvalue weighted by Crippen LogP contribution is 2.12. The van der Waals surface area contributed by atoms with Crippen LogP contribution in [0.2, 0.25) is 0 Å². The number of aromatic nitrogens is 1. The number of amides is 2. The number of hydrogen-bond acceptors (Lipinski definition) is 5. The highest BCUT2D eigenvalue weighted by molar-refractivity contribution is 7.12. The van der Waals surface area contributed by atoms with Crippen molar-refractivity contribution in [3.63, 3.8) is 0 Å². The van der Waals surface area contributed by atoms with E-state index < -0.39 is 0 Å². The quantitative estimate of drug-likeness (QED) is 0.848. The average molecular weight is 323 g/mol. The van der Waals surface area contributed by atoms with Crippen molar-refractivity contribution in [1.82, 2.24) is 14.8 Å². The van der Waals surface area contributed by atoms with E-state index >= 15 is 0 Å². The Balaban J connectivity index is 1.89. The Morgan fingerprint density at radius 3 is 2.57 bits per heavy atom. The predicted molar refractivity (Wildman–Crippen MR) is 84.6 cm³/mol. The first-order valence-corrected chi connectivity index (χ1v) is 8.17. The zero-order chi connectivity index (χ0) is 15.4. The van der Waals surface area contributed by atoms with Crippen LogP contribution >= 0.6 is 22.7 Å². The summed E-state index contributed by atoms with van der Waals surface area (Å²) in [5, 5.41) is 4.77. The summed E-state index contributed by atoms with van der Waals surface area (Å²) >= 11 is 2.94. The fourth-order valence-corrected chi connectivity index (χ4v) is 3.12. The third kappa shape index (κ3) is 4.12. The zero-order valence-corrected chi connectivity index (χ0v) is 13.8. The molecule has 0 aromatic carbocycles. The van der Waals surface area contributed by atoms with Crippen molar-refractivity contribution >= 4 is 34.5 Å². The molecular formula is C14H17N3O2S2. The lowest BCUT2D eigenvalue weighted by Crippen LogP contribution is -2.38. The zero-order valence-electron chi connectivity index (χ0n) is 12.2. The van der Waals surface area contributed by atoms with E-state index in [0.29, 0.717) is 11.4 Å². The van der Waals surface area contributed by atoms with Crippen molar-refractivity contribution in [3.8, 4) is 0 Å². The van der Waals surface area contributed by atoms with E-state index in [1.807, 2.05) is 23.8 Å². The Morgan fingerprint density at radius 2 is 2.00 bits per heavy atom. The van der Waals surface area contributed by atoms with E-state index in [4.69, 9.17) is 0 Å². The first-order chi connectivity index (χ1) is 9.97. The van der Waals surface area contributed by atoms with Crippen molar-refractivity contribution in [2.75, 3.05) is 20.6 Å². The summed E-state index contributed by atoms with van der Waals surface area (Å²) in [5.41, 5.74) is 0.876. The number of carbonyl (C=O) groups is 2. The van der Waals surface area contributed by atoms with Crippen molar-refractivity contribution in [2.24, 2.45) is 0 Å². The lowest BCUT2D eigenvalue weighted by Gasteiger charge is -2.21. The van der Waals surface area contributed by atoms with Gasteiger partial charge in [-0.15, -0.1) is 22.7 Å². The molecule has 2 aromatic rings. The second-order valence-corrected chi connectivity index (χ2v) is 6.76. The molecule has 5 nitrogen and oxygen atoms in total. The van der Waals surface area contributed by atoms with Gasteiger partial charge in [0.05, 0.1) is 28.7 Å². The SMILES string of the molecule is Cc1nc(CN(C)C(=O)CN(C)C(=O)c2cccs2)cs1. The van der Waals surface area contributed by atoms with E-state index in [9.17, 15) is 9.59 Å². The van der Waals surface area contributed by atoms with Crippen molar-refractivity contribution < 1.29 is 9.59 Å². The molecule has 2 amide bonds. The normalized spacial score (nSPS) is 10.4. The minimum atomic E-state index is -0.128. The van der Waals surface area contributed by atoms with Gasteiger partial charge in [0.15, 0.2) is 0 Å². The van der Waals surface area contributed by atoms with Crippen LogP contribution in [0.1, 0.15) is 20.4 Å². The third-order valence-electron chi connectivity index (χ3n) is 2.94. The summed E-state index contributed by atoms with van der Waals surface area (Å²) in [7, 11) is 3.36. The summed E-state index contributed by atoms with van der Waals surface area (Å²) < 4.78 is 0. The van der Waals surface area contributed by atoms with Gasteiger partial charge in [0.25, 0.3) is 5.91 Å². The van der Waals surface area contributed by atoms with Crippen LogP contribution in [0.5, 0.6) is 0 Å². The Kier molecular flexibility index (Phi) is 5.08. The molecule has 0 atom stereocenters. The first kappa shape index (κ1) is 15.7. The molecule has 0 fully saturated rings. The molecule has 2 rings (SSSR count). The van der Waals surface area contributed by atoms with Gasteiger partial charge >= 0.3 is 0 Å². The van der Waals surface area contributed by atoms with E-state index in [1.165, 1.54) is 16.2 Å². The molecular weight excluding hydrogens is 306 g/mol. The molecule has 21 heavy (non-hydrogen) atoms. The molecule has 0 spiro atoms. The van der Waals surface area contributed by atoms with Crippen molar-refractivity contribution in [1.29, 1.82) is 0 Å². The molecule has 2 aromatic heterocycles. The highest BCUT2D eigenvalue weighted by Gasteiger charge is 2.18. The molecule has 112 valence electrons. The molecule has 7 heteroatoms. The van der Waals surface area contributed by atoms with E-state index in [0.717, 1.165) is 10.7 Å². The number of thiophene rings is 1. The number of hydrogen-bond donors (Lipinski definition) is 0. The number of nitrogens with zero attached hydrogens (tertiary/aromatic N) is 3. The number of aryl methyl sites for hydroxylation is 1. The van der Waals surface area contributed by atoms with Crippen LogP contribution in [0.25, 0.3) is 0 Å². The van der Waals surface area contributed by atoms with Crippen LogP contribution in [0.4, 0.5) is 0 Å². The average Bonchev–Trinajstić information content (AvgIpc) is 3.09. The monoisotopic (exact) mass is 323 g/mol. The minimum Gasteiger partial charge on any atom is -0.338 e. The Labute approximate surface area is 131 Å². The third-order valence-corrected chi connectivity index (χ3v) is 4.62. The number of thiazole rings is 1. The standard InChI is InChI=1S/C14H17N3O2S2/c1-10-15-11(9-21-10)7-16(2)13(18)8-17(3)14(19)12-5-4-6-20-12/h4-6,9H,7-8H2,1-3H3. The van der Waals surface area contributed by atoms with Gasteiger partial charge in [0.1, 0.15) is 0 Å². The lowest BCUT2D eigenvalue weighted by molar-refractivity contribution is -0.130. The maximum absolute atomic E-state index is 12.1. The molecule has 0 aliphatic carbocycles. The second-order valence-electron chi connectivity index (χ2n) is 4.75. The molecule has 0 aliphatic heterocycles. The van der Waals surface area contributed by atoms with Gasteiger partial charge in [-0.3, -0.25) is 9.59 Å². The lowest BCUT2D eigenvalue weighted by atomic mass is 10.3. The molecule has 2 heterocycles. The summed E-state index contributed by atoms with van der Waals surface area (Å²) in [6, 6.07) is 3.58. The van der Waals surface area contributed by atoms with Crippen LogP contribution in [-0.2, 0) is 11.3 Å². The van der Waals surface area contributed by atoms with Crippen molar-refractivity contribution in [2.45, 2.75) is 13.5 Å². The van der Waals surface area contributed by atoms with Crippen molar-refractivity contribution in [3.05, 3.63) is 38.5 Å². The molecule has 0 bridgehead atoms.